The molecule has 0 spiro atoms. The number of hydrogen-bond donors (Lipinski definition) is 5. The van der Waals surface area contributed by atoms with Crippen LogP contribution in [0.15, 0.2) is 0 Å². The molecule has 5 fully saturated rings. The van der Waals surface area contributed by atoms with Crippen LogP contribution < -0.4 is 26.6 Å². The molecule has 5 heterocycles. The maximum absolute atomic E-state index is 7.88. The van der Waals surface area contributed by atoms with Gasteiger partial charge in [-0.25, -0.2) is 0 Å². The van der Waals surface area contributed by atoms with E-state index in [4.69, 9.17) is 47.4 Å². The minimum absolute atomic E-state index is 0.214. The topological polar surface area (TPSA) is 178 Å². The number of nitrogens with one attached hydrogen (secondary N) is 5. The second-order valence-electron chi connectivity index (χ2n) is 21.1. The minimum Gasteiger partial charge on any atom is -0.378 e. The number of hydrogen-bond acceptors (Lipinski definition) is 21. The van der Waals surface area contributed by atoms with Gasteiger partial charge in [0.25, 0.3) is 0 Å². The quantitative estimate of drug-likeness (QED) is 0.0579. The smallest absolute Gasteiger partial charge is 0.378 e. The summed E-state index contributed by atoms with van der Waals surface area (Å²) in [6.07, 6.45) is 3.94. The highest BCUT2D eigenvalue weighted by molar-refractivity contribution is 6.85. The van der Waals surface area contributed by atoms with Crippen LogP contribution in [0.3, 0.4) is 0 Å². The molecule has 0 saturated carbocycles. The molecule has 5 rings (SSSR count). The summed E-state index contributed by atoms with van der Waals surface area (Å²) in [5, 5.41) is 17.6. The monoisotopic (exact) mass is 1130 g/mol. The van der Waals surface area contributed by atoms with Gasteiger partial charge in [0.15, 0.2) is 0 Å². The lowest BCUT2D eigenvalue weighted by molar-refractivity contribution is 0.0507. The Morgan fingerprint density at radius 1 is 0.274 bits per heavy atom. The zero-order valence-electron chi connectivity index (χ0n) is 47.8. The third kappa shape index (κ3) is 19.5. The molecule has 0 radical (unpaired) electrons. The SMILES string of the molecule is CO[Si](CCC(C)N1CCNCC1)(OC)O[Si](CCC(C)N1CCNCC1)(OC)O[Si](CCC(C)N1CCNCC1)(OC)O[Si](CCC(C)N1CCNCC1)(OC)O[Si](CCC(C)N1CCNCC1)(OC)OC. The first kappa shape index (κ1) is 64.1. The lowest BCUT2D eigenvalue weighted by atomic mass is 10.2. The molecule has 430 valence electrons. The van der Waals surface area contributed by atoms with Gasteiger partial charge in [0, 0.05) is 241 Å². The van der Waals surface area contributed by atoms with E-state index in [2.05, 4.69) is 85.7 Å². The molecule has 0 amide bonds. The summed E-state index contributed by atoms with van der Waals surface area (Å²) in [7, 11) is -6.69. The lowest BCUT2D eigenvalue weighted by Gasteiger charge is -2.46. The number of nitrogens with zero attached hydrogens (tertiary/aromatic N) is 5. The van der Waals surface area contributed by atoms with Crippen LogP contribution in [0.2, 0.25) is 30.2 Å². The van der Waals surface area contributed by atoms with Crippen molar-refractivity contribution in [1.29, 1.82) is 0 Å². The molecular formula is C47H106N10O11Si5. The summed E-state index contributed by atoms with van der Waals surface area (Å²) >= 11 is 0. The first-order valence-electron chi connectivity index (χ1n) is 28.1. The third-order valence-electron chi connectivity index (χ3n) is 16.6. The van der Waals surface area contributed by atoms with Crippen LogP contribution >= 0.6 is 0 Å². The maximum atomic E-state index is 7.88. The fourth-order valence-electron chi connectivity index (χ4n) is 11.2. The van der Waals surface area contributed by atoms with E-state index >= 15 is 0 Å². The predicted molar refractivity (Wildman–Crippen MR) is 299 cm³/mol. The number of piperazine rings is 5. The molecule has 5 saturated heterocycles. The average Bonchev–Trinajstić information content (AvgIpc) is 3.46. The van der Waals surface area contributed by atoms with Gasteiger partial charge in [-0.05, 0) is 66.7 Å². The first-order chi connectivity index (χ1) is 35.2. The highest BCUT2D eigenvalue weighted by atomic mass is 28.5. The van der Waals surface area contributed by atoms with Crippen molar-refractivity contribution >= 4 is 44.0 Å². The Balaban J connectivity index is 1.58. The molecular weight excluding hydrogens is 1020 g/mol. The van der Waals surface area contributed by atoms with Crippen molar-refractivity contribution in [3.8, 4) is 0 Å². The Hall–Kier alpha value is 0.244. The molecule has 73 heavy (non-hydrogen) atoms. The zero-order chi connectivity index (χ0) is 52.8. The summed E-state index contributed by atoms with van der Waals surface area (Å²) in [5.74, 6) is 0. The summed E-state index contributed by atoms with van der Waals surface area (Å²) in [5.41, 5.74) is 0. The molecule has 0 aromatic heterocycles. The van der Waals surface area contributed by atoms with Crippen LogP contribution in [0.5, 0.6) is 0 Å². The Morgan fingerprint density at radius 3 is 0.589 bits per heavy atom. The number of rotatable bonds is 35. The van der Waals surface area contributed by atoms with E-state index in [0.717, 1.165) is 163 Å². The van der Waals surface area contributed by atoms with Crippen LogP contribution in [0.1, 0.15) is 66.7 Å². The molecule has 5 aliphatic rings. The van der Waals surface area contributed by atoms with E-state index in [1.54, 1.807) is 49.8 Å². The maximum Gasteiger partial charge on any atom is 0.493 e. The molecule has 26 heteroatoms. The first-order valence-corrected chi connectivity index (χ1v) is 37.8. The molecule has 0 aromatic rings. The van der Waals surface area contributed by atoms with Crippen molar-refractivity contribution in [2.24, 2.45) is 0 Å². The van der Waals surface area contributed by atoms with Crippen LogP contribution in [0, 0.1) is 0 Å². The summed E-state index contributed by atoms with van der Waals surface area (Å²) in [4.78, 5) is 12.7. The van der Waals surface area contributed by atoms with E-state index in [9.17, 15) is 0 Å². The van der Waals surface area contributed by atoms with Gasteiger partial charge in [-0.15, -0.1) is 0 Å². The van der Waals surface area contributed by atoms with Gasteiger partial charge in [-0.2, -0.15) is 0 Å². The molecule has 0 bridgehead atoms. The Morgan fingerprint density at radius 2 is 0.425 bits per heavy atom. The Labute approximate surface area is 448 Å². The summed E-state index contributed by atoms with van der Waals surface area (Å²) < 4.78 is 77.7. The van der Waals surface area contributed by atoms with Gasteiger partial charge in [0.05, 0.1) is 0 Å². The fraction of sp³-hybridized carbons (Fsp3) is 1.00. The highest BCUT2D eigenvalue weighted by Crippen LogP contribution is 2.38. The van der Waals surface area contributed by atoms with Gasteiger partial charge in [0.1, 0.15) is 0 Å². The van der Waals surface area contributed by atoms with Crippen molar-refractivity contribution < 1.29 is 47.4 Å². The van der Waals surface area contributed by atoms with Crippen molar-refractivity contribution in [2.45, 2.75) is 127 Å². The van der Waals surface area contributed by atoms with E-state index in [-0.39, 0.29) is 18.1 Å². The molecule has 0 aromatic carbocycles. The van der Waals surface area contributed by atoms with Crippen molar-refractivity contribution in [3.05, 3.63) is 0 Å². The van der Waals surface area contributed by atoms with Crippen LogP contribution in [0.25, 0.3) is 0 Å². The molecule has 0 aliphatic carbocycles. The fourth-order valence-corrected chi connectivity index (χ4v) is 32.6. The van der Waals surface area contributed by atoms with Gasteiger partial charge in [0.2, 0.25) is 0 Å². The molecule has 21 nitrogen and oxygen atoms in total. The second-order valence-corrected chi connectivity index (χ2v) is 36.6. The Kier molecular flexibility index (Phi) is 28.5. The van der Waals surface area contributed by atoms with Crippen molar-refractivity contribution in [2.75, 3.05) is 181 Å². The normalized spacial score (nSPS) is 24.8. The third-order valence-corrected chi connectivity index (χ3v) is 35.4. The zero-order valence-corrected chi connectivity index (χ0v) is 52.8. The van der Waals surface area contributed by atoms with E-state index in [1.807, 2.05) is 0 Å². The van der Waals surface area contributed by atoms with E-state index in [0.29, 0.717) is 42.3 Å². The van der Waals surface area contributed by atoms with Gasteiger partial charge in [-0.3, -0.25) is 24.5 Å². The predicted octanol–water partition coefficient (Wildman–Crippen LogP) is 1.69. The summed E-state index contributed by atoms with van der Waals surface area (Å²) in [6.45, 7) is 30.9. The van der Waals surface area contributed by atoms with Crippen LogP contribution in [-0.4, -0.2) is 279 Å². The van der Waals surface area contributed by atoms with Crippen molar-refractivity contribution in [1.82, 2.24) is 51.1 Å². The van der Waals surface area contributed by atoms with Gasteiger partial charge >= 0.3 is 44.0 Å². The van der Waals surface area contributed by atoms with Gasteiger partial charge < -0.3 is 74.0 Å². The highest BCUT2D eigenvalue weighted by Gasteiger charge is 2.63. The van der Waals surface area contributed by atoms with E-state index in [1.165, 1.54) is 0 Å². The largest absolute Gasteiger partial charge is 0.493 e. The molecule has 5 aliphatic heterocycles. The molecule has 7 atom stereocenters. The van der Waals surface area contributed by atoms with Gasteiger partial charge in [-0.1, -0.05) is 0 Å². The standard InChI is InChI=1S/C47H106N10O11Si5/c1-43(53-28-18-48-19-29-53)13-38-69(58-6,59-7)65-71(62-10,40-15-45(3)55-32-22-50-23-33-55)67-73(64-12,42-17-47(5)57-36-26-52-27-37-57)68-72(63-11,41-16-46(4)56-34-24-51-25-35-56)66-70(60-8,61-9)39-14-44(2)54-30-20-49-21-31-54/h43-52H,13-42H2,1-12H3. The van der Waals surface area contributed by atoms with Crippen LogP contribution in [-0.2, 0) is 47.4 Å². The summed E-state index contributed by atoms with van der Waals surface area (Å²) in [6, 6.07) is 3.95. The van der Waals surface area contributed by atoms with Crippen LogP contribution in [0.4, 0.5) is 0 Å². The Bertz CT molecular complexity index is 1400. The average molecular weight is 1130 g/mol. The van der Waals surface area contributed by atoms with E-state index < -0.39 is 44.0 Å². The minimum atomic E-state index is -4.00. The lowest BCUT2D eigenvalue weighted by Crippen LogP contribution is -2.68. The molecule has 5 N–H and O–H groups in total. The molecule has 7 unspecified atom stereocenters. The second kappa shape index (κ2) is 32.5. The van der Waals surface area contributed by atoms with Crippen molar-refractivity contribution in [3.63, 3.8) is 0 Å².